The van der Waals surface area contributed by atoms with Gasteiger partial charge in [-0.15, -0.1) is 0 Å². The first-order valence-electron chi connectivity index (χ1n) is 5.55. The van der Waals surface area contributed by atoms with Crippen LogP contribution in [0.15, 0.2) is 43.0 Å². The predicted octanol–water partition coefficient (Wildman–Crippen LogP) is 1.95. The summed E-state index contributed by atoms with van der Waals surface area (Å²) < 4.78 is 1.83. The van der Waals surface area contributed by atoms with Gasteiger partial charge >= 0.3 is 5.97 Å². The maximum Gasteiger partial charge on any atom is 0.337 e. The van der Waals surface area contributed by atoms with Gasteiger partial charge in [-0.05, 0) is 23.3 Å². The summed E-state index contributed by atoms with van der Waals surface area (Å²) in [7, 11) is 0. The van der Waals surface area contributed by atoms with E-state index >= 15 is 0 Å². The maximum absolute atomic E-state index is 11.3. The molecule has 5 nitrogen and oxygen atoms in total. The van der Waals surface area contributed by atoms with Crippen molar-refractivity contribution in [1.29, 1.82) is 0 Å². The molecular formula is C13H11N3O2. The van der Waals surface area contributed by atoms with E-state index in [1.165, 1.54) is 0 Å². The van der Waals surface area contributed by atoms with Crippen molar-refractivity contribution in [3.63, 3.8) is 0 Å². The molecule has 0 aliphatic heterocycles. The summed E-state index contributed by atoms with van der Waals surface area (Å²) in [4.78, 5) is 11.3. The van der Waals surface area contributed by atoms with Gasteiger partial charge in [-0.2, -0.15) is 5.10 Å². The van der Waals surface area contributed by atoms with Crippen molar-refractivity contribution in [3.8, 4) is 0 Å². The van der Waals surface area contributed by atoms with Crippen LogP contribution < -0.4 is 0 Å². The number of hydrogen-bond acceptors (Lipinski definition) is 2. The van der Waals surface area contributed by atoms with Gasteiger partial charge in [0.2, 0.25) is 0 Å². The van der Waals surface area contributed by atoms with Crippen LogP contribution in [-0.4, -0.2) is 25.7 Å². The summed E-state index contributed by atoms with van der Waals surface area (Å²) in [6, 6.07) is 5.70. The minimum Gasteiger partial charge on any atom is -0.478 e. The first-order chi connectivity index (χ1) is 8.75. The lowest BCUT2D eigenvalue weighted by atomic mass is 10.0. The van der Waals surface area contributed by atoms with E-state index in [9.17, 15) is 9.90 Å². The number of nitrogens with zero attached hydrogens (tertiary/aromatic N) is 2. The Hall–Kier alpha value is -2.56. The van der Waals surface area contributed by atoms with Crippen LogP contribution in [-0.2, 0) is 6.42 Å². The smallest absolute Gasteiger partial charge is 0.337 e. The maximum atomic E-state index is 11.3. The fourth-order valence-electron chi connectivity index (χ4n) is 2.13. The third-order valence-corrected chi connectivity index (χ3v) is 2.96. The van der Waals surface area contributed by atoms with E-state index < -0.39 is 5.97 Å². The van der Waals surface area contributed by atoms with Gasteiger partial charge in [0.1, 0.15) is 0 Å². The molecule has 0 aromatic carbocycles. The number of pyridine rings is 1. The third kappa shape index (κ3) is 1.66. The molecule has 0 radical (unpaired) electrons. The molecule has 0 atom stereocenters. The summed E-state index contributed by atoms with van der Waals surface area (Å²) >= 11 is 0. The van der Waals surface area contributed by atoms with Crippen LogP contribution in [0.2, 0.25) is 0 Å². The Labute approximate surface area is 103 Å². The molecule has 0 aliphatic carbocycles. The van der Waals surface area contributed by atoms with Gasteiger partial charge in [-0.3, -0.25) is 5.10 Å². The predicted molar refractivity (Wildman–Crippen MR) is 65.8 cm³/mol. The zero-order chi connectivity index (χ0) is 12.5. The summed E-state index contributed by atoms with van der Waals surface area (Å²) in [6.07, 6.45) is 7.53. The first kappa shape index (κ1) is 10.6. The van der Waals surface area contributed by atoms with Gasteiger partial charge < -0.3 is 9.51 Å². The summed E-state index contributed by atoms with van der Waals surface area (Å²) in [5.41, 5.74) is 3.03. The molecule has 0 spiro atoms. The number of aromatic amines is 1. The van der Waals surface area contributed by atoms with Crippen LogP contribution in [0.25, 0.3) is 5.52 Å². The Bertz CT molecular complexity index is 698. The molecule has 0 saturated carbocycles. The van der Waals surface area contributed by atoms with Gasteiger partial charge in [-0.1, -0.05) is 6.07 Å². The number of H-pyrrole nitrogens is 1. The lowest BCUT2D eigenvalue weighted by Gasteiger charge is -1.99. The van der Waals surface area contributed by atoms with Crippen molar-refractivity contribution < 1.29 is 9.90 Å². The van der Waals surface area contributed by atoms with Crippen molar-refractivity contribution in [2.75, 3.05) is 0 Å². The highest BCUT2D eigenvalue weighted by Gasteiger charge is 2.16. The topological polar surface area (TPSA) is 70.4 Å². The highest BCUT2D eigenvalue weighted by molar-refractivity contribution is 5.92. The average molecular weight is 241 g/mol. The van der Waals surface area contributed by atoms with E-state index in [0.717, 1.165) is 16.6 Å². The molecule has 3 rings (SSSR count). The Balaban J connectivity index is 2.18. The number of carboxylic acids is 1. The molecule has 0 unspecified atom stereocenters. The van der Waals surface area contributed by atoms with Crippen LogP contribution in [0.1, 0.15) is 21.5 Å². The van der Waals surface area contributed by atoms with E-state index in [-0.39, 0.29) is 0 Å². The van der Waals surface area contributed by atoms with Gasteiger partial charge in [-0.25, -0.2) is 4.79 Å². The minimum atomic E-state index is -0.905. The largest absolute Gasteiger partial charge is 0.478 e. The molecule has 2 N–H and O–H groups in total. The number of aromatic nitrogens is 3. The number of fused-ring (bicyclic) bond motifs is 1. The number of rotatable bonds is 3. The number of aromatic carboxylic acids is 1. The number of carboxylic acid groups (broad SMARTS) is 1. The molecule has 0 amide bonds. The molecule has 3 heterocycles. The first-order valence-corrected chi connectivity index (χ1v) is 5.55. The van der Waals surface area contributed by atoms with Gasteiger partial charge in [0, 0.05) is 30.5 Å². The van der Waals surface area contributed by atoms with Gasteiger partial charge in [0.15, 0.2) is 0 Å². The van der Waals surface area contributed by atoms with Crippen LogP contribution in [0, 0.1) is 0 Å². The Morgan fingerprint density at radius 1 is 1.44 bits per heavy atom. The Morgan fingerprint density at radius 2 is 2.33 bits per heavy atom. The van der Waals surface area contributed by atoms with E-state index in [4.69, 9.17) is 0 Å². The summed E-state index contributed by atoms with van der Waals surface area (Å²) in [6.45, 7) is 0. The van der Waals surface area contributed by atoms with E-state index in [1.54, 1.807) is 18.6 Å². The molecule has 0 aliphatic rings. The van der Waals surface area contributed by atoms with Crippen LogP contribution in [0.3, 0.4) is 0 Å². The normalized spacial score (nSPS) is 10.9. The molecule has 3 aromatic rings. The van der Waals surface area contributed by atoms with Crippen LogP contribution >= 0.6 is 0 Å². The standard InChI is InChI=1S/C13H11N3O2/c17-13(18)11-8-16-4-2-1-3-12(16)10(11)5-9-6-14-15-7-9/h1-4,6-8H,5H2,(H,14,15)(H,17,18). The molecule has 18 heavy (non-hydrogen) atoms. The van der Waals surface area contributed by atoms with E-state index in [2.05, 4.69) is 10.2 Å². The van der Waals surface area contributed by atoms with Crippen molar-refractivity contribution >= 4 is 11.5 Å². The fraction of sp³-hybridized carbons (Fsp3) is 0.0769. The zero-order valence-electron chi connectivity index (χ0n) is 9.50. The lowest BCUT2D eigenvalue weighted by molar-refractivity contribution is 0.0696. The average Bonchev–Trinajstić information content (AvgIpc) is 2.98. The van der Waals surface area contributed by atoms with Crippen molar-refractivity contribution in [2.45, 2.75) is 6.42 Å². The lowest BCUT2D eigenvalue weighted by Crippen LogP contribution is -1.99. The third-order valence-electron chi connectivity index (χ3n) is 2.96. The molecule has 0 fully saturated rings. The highest BCUT2D eigenvalue weighted by atomic mass is 16.4. The number of hydrogen-bond donors (Lipinski definition) is 2. The van der Waals surface area contributed by atoms with Gasteiger partial charge in [0.25, 0.3) is 0 Å². The second-order valence-electron chi connectivity index (χ2n) is 4.10. The monoisotopic (exact) mass is 241 g/mol. The SMILES string of the molecule is O=C(O)c1cn2ccccc2c1Cc1cn[nH]c1. The molecule has 5 heteroatoms. The summed E-state index contributed by atoms with van der Waals surface area (Å²) in [5, 5.41) is 15.9. The van der Waals surface area contributed by atoms with Crippen LogP contribution in [0.5, 0.6) is 0 Å². The molecular weight excluding hydrogens is 230 g/mol. The van der Waals surface area contributed by atoms with Gasteiger partial charge in [0.05, 0.1) is 11.8 Å². The second kappa shape index (κ2) is 4.03. The second-order valence-corrected chi connectivity index (χ2v) is 4.10. The number of nitrogens with one attached hydrogen (secondary N) is 1. The van der Waals surface area contributed by atoms with E-state index in [1.807, 2.05) is 28.8 Å². The van der Waals surface area contributed by atoms with Crippen LogP contribution in [0.4, 0.5) is 0 Å². The van der Waals surface area contributed by atoms with Crippen molar-refractivity contribution in [2.24, 2.45) is 0 Å². The number of carbonyl (C=O) groups is 1. The Morgan fingerprint density at radius 3 is 3.06 bits per heavy atom. The Kier molecular flexibility index (Phi) is 2.37. The minimum absolute atomic E-state index is 0.336. The fourth-order valence-corrected chi connectivity index (χ4v) is 2.13. The van der Waals surface area contributed by atoms with E-state index in [0.29, 0.717) is 12.0 Å². The molecule has 90 valence electrons. The summed E-state index contributed by atoms with van der Waals surface area (Å²) in [5.74, 6) is -0.905. The zero-order valence-corrected chi connectivity index (χ0v) is 9.50. The highest BCUT2D eigenvalue weighted by Crippen LogP contribution is 2.21. The molecule has 0 saturated heterocycles. The van der Waals surface area contributed by atoms with Crippen molar-refractivity contribution in [1.82, 2.24) is 14.6 Å². The van der Waals surface area contributed by atoms with Crippen molar-refractivity contribution in [3.05, 3.63) is 59.7 Å². The molecule has 0 bridgehead atoms. The quantitative estimate of drug-likeness (QED) is 0.736. The molecule has 3 aromatic heterocycles.